The van der Waals surface area contributed by atoms with E-state index in [1.807, 2.05) is 0 Å². The van der Waals surface area contributed by atoms with Crippen LogP contribution in [0.2, 0.25) is 0 Å². The molecule has 1 N–H and O–H groups in total. The minimum absolute atomic E-state index is 0.206. The number of aromatic amines is 1. The molecule has 1 saturated carbocycles. The molecule has 92 valence electrons. The largest absolute Gasteiger partial charge is 0.433 e. The topological polar surface area (TPSA) is 64.2 Å². The van der Waals surface area contributed by atoms with Gasteiger partial charge in [-0.1, -0.05) is 0 Å². The van der Waals surface area contributed by atoms with Crippen LogP contribution in [0.3, 0.4) is 0 Å². The van der Waals surface area contributed by atoms with Crippen molar-refractivity contribution in [3.05, 3.63) is 18.0 Å². The van der Waals surface area contributed by atoms with Gasteiger partial charge in [0.2, 0.25) is 5.79 Å². The molecule has 0 unspecified atom stereocenters. The summed E-state index contributed by atoms with van der Waals surface area (Å²) in [6, 6.07) is 1.78. The van der Waals surface area contributed by atoms with Gasteiger partial charge in [0.1, 0.15) is 0 Å². The Morgan fingerprint density at radius 1 is 1.59 bits per heavy atom. The number of carbonyl (C=O) groups excluding carboxylic acids is 1. The van der Waals surface area contributed by atoms with Crippen LogP contribution < -0.4 is 0 Å². The van der Waals surface area contributed by atoms with Crippen LogP contribution in [0.5, 0.6) is 0 Å². The molecule has 4 rings (SSSR count). The summed E-state index contributed by atoms with van der Waals surface area (Å²) < 4.78 is 11.2. The number of hydrogen-bond donors (Lipinski definition) is 1. The van der Waals surface area contributed by atoms with Crippen molar-refractivity contribution in [2.45, 2.75) is 37.9 Å². The Bertz CT molecular complexity index is 380. The van der Waals surface area contributed by atoms with E-state index in [1.54, 1.807) is 12.3 Å². The lowest BCUT2D eigenvalue weighted by Crippen LogP contribution is -2.48. The number of aromatic nitrogens is 2. The molecule has 17 heavy (non-hydrogen) atoms. The average Bonchev–Trinajstić information content (AvgIpc) is 2.83. The second-order valence-corrected chi connectivity index (χ2v) is 4.88. The predicted octanol–water partition coefficient (Wildman–Crippen LogP) is 1.41. The van der Waals surface area contributed by atoms with E-state index in [0.717, 1.165) is 32.3 Å². The number of nitrogens with one attached hydrogen (secondary N) is 1. The maximum atomic E-state index is 11.8. The highest BCUT2D eigenvalue weighted by atomic mass is 16.7. The number of nitrogens with zero attached hydrogens (tertiary/aromatic N) is 1. The highest BCUT2D eigenvalue weighted by Crippen LogP contribution is 2.41. The molecule has 1 aromatic rings. The molecule has 1 aliphatic carbocycles. The Hall–Kier alpha value is -1.36. The molecular weight excluding hydrogens is 220 g/mol. The Morgan fingerprint density at radius 3 is 3.00 bits per heavy atom. The fourth-order valence-electron chi connectivity index (χ4n) is 2.61. The maximum absolute atomic E-state index is 11.8. The third kappa shape index (κ3) is 2.20. The molecule has 0 radical (unpaired) electrons. The zero-order chi connectivity index (χ0) is 11.7. The van der Waals surface area contributed by atoms with Crippen molar-refractivity contribution in [1.29, 1.82) is 0 Å². The fourth-order valence-corrected chi connectivity index (χ4v) is 2.61. The summed E-state index contributed by atoms with van der Waals surface area (Å²) in [5.41, 5.74) is 0.705. The third-order valence-corrected chi connectivity index (χ3v) is 3.63. The Balaban J connectivity index is 1.60. The normalized spacial score (nSPS) is 31.4. The third-order valence-electron chi connectivity index (χ3n) is 3.63. The molecule has 0 spiro atoms. The van der Waals surface area contributed by atoms with Gasteiger partial charge in [0.05, 0.1) is 18.7 Å². The van der Waals surface area contributed by atoms with Crippen molar-refractivity contribution in [1.82, 2.24) is 10.2 Å². The van der Waals surface area contributed by atoms with Crippen LogP contribution in [0, 0.1) is 5.92 Å². The van der Waals surface area contributed by atoms with Crippen molar-refractivity contribution in [2.24, 2.45) is 5.92 Å². The molecule has 0 amide bonds. The summed E-state index contributed by atoms with van der Waals surface area (Å²) in [5.74, 6) is -0.221. The van der Waals surface area contributed by atoms with Crippen molar-refractivity contribution < 1.29 is 14.3 Å². The van der Waals surface area contributed by atoms with Gasteiger partial charge in [-0.2, -0.15) is 5.10 Å². The van der Waals surface area contributed by atoms with Gasteiger partial charge in [-0.15, -0.1) is 0 Å². The van der Waals surface area contributed by atoms with Crippen LogP contribution in [0.1, 0.15) is 31.4 Å². The first-order valence-corrected chi connectivity index (χ1v) is 6.10. The van der Waals surface area contributed by atoms with Crippen LogP contribution in [0.15, 0.2) is 12.3 Å². The molecule has 1 aromatic heterocycles. The predicted molar refractivity (Wildman–Crippen MR) is 59.0 cm³/mol. The van der Waals surface area contributed by atoms with Crippen LogP contribution in [0.25, 0.3) is 0 Å². The van der Waals surface area contributed by atoms with Gasteiger partial charge < -0.3 is 9.47 Å². The van der Waals surface area contributed by atoms with E-state index in [1.165, 1.54) is 0 Å². The van der Waals surface area contributed by atoms with E-state index in [2.05, 4.69) is 10.2 Å². The minimum atomic E-state index is -0.637. The molecule has 5 heteroatoms. The highest BCUT2D eigenvalue weighted by molar-refractivity contribution is 5.72. The molecule has 3 heterocycles. The number of ether oxygens (including phenoxy) is 2. The monoisotopic (exact) mass is 236 g/mol. The van der Waals surface area contributed by atoms with Crippen molar-refractivity contribution in [3.8, 4) is 0 Å². The Labute approximate surface area is 99.5 Å². The second-order valence-electron chi connectivity index (χ2n) is 4.88. The summed E-state index contributed by atoms with van der Waals surface area (Å²) in [6.45, 7) is 0.732. The lowest BCUT2D eigenvalue weighted by molar-refractivity contribution is -0.278. The summed E-state index contributed by atoms with van der Waals surface area (Å²) >= 11 is 0. The number of fused-ring (bicyclic) bond motifs is 3. The van der Waals surface area contributed by atoms with Gasteiger partial charge in [-0.25, -0.2) is 0 Å². The first-order chi connectivity index (χ1) is 8.26. The first-order valence-electron chi connectivity index (χ1n) is 6.10. The number of rotatable bonds is 3. The molecule has 3 aliphatic rings. The smallest absolute Gasteiger partial charge is 0.314 e. The van der Waals surface area contributed by atoms with Crippen LogP contribution >= 0.6 is 0 Å². The maximum Gasteiger partial charge on any atom is 0.314 e. The summed E-state index contributed by atoms with van der Waals surface area (Å²) in [7, 11) is 0. The van der Waals surface area contributed by atoms with Gasteiger partial charge in [-0.05, 0) is 24.8 Å². The zero-order valence-corrected chi connectivity index (χ0v) is 9.65. The SMILES string of the molecule is O=C(Cc1cc[nH]n1)OC12CCC(CC1)CO2. The van der Waals surface area contributed by atoms with E-state index in [0.29, 0.717) is 11.6 Å². The van der Waals surface area contributed by atoms with E-state index in [4.69, 9.17) is 9.47 Å². The molecule has 0 atom stereocenters. The zero-order valence-electron chi connectivity index (χ0n) is 9.65. The number of esters is 1. The number of carbonyl (C=O) groups is 1. The van der Waals surface area contributed by atoms with Gasteiger partial charge in [-0.3, -0.25) is 9.89 Å². The summed E-state index contributed by atoms with van der Waals surface area (Å²) in [4.78, 5) is 11.8. The van der Waals surface area contributed by atoms with Crippen molar-refractivity contribution >= 4 is 5.97 Å². The van der Waals surface area contributed by atoms with Gasteiger partial charge in [0.15, 0.2) is 0 Å². The lowest BCUT2D eigenvalue weighted by Gasteiger charge is -2.45. The van der Waals surface area contributed by atoms with Gasteiger partial charge >= 0.3 is 5.97 Å². The molecule has 2 bridgehead atoms. The fraction of sp³-hybridized carbons (Fsp3) is 0.667. The summed E-state index contributed by atoms with van der Waals surface area (Å²) in [5, 5.41) is 6.62. The van der Waals surface area contributed by atoms with E-state index in [9.17, 15) is 4.79 Å². The van der Waals surface area contributed by atoms with Crippen LogP contribution in [0.4, 0.5) is 0 Å². The van der Waals surface area contributed by atoms with E-state index in [-0.39, 0.29) is 12.4 Å². The van der Waals surface area contributed by atoms with Crippen LogP contribution in [-0.4, -0.2) is 28.6 Å². The van der Waals surface area contributed by atoms with Crippen LogP contribution in [-0.2, 0) is 20.7 Å². The summed E-state index contributed by atoms with van der Waals surface area (Å²) in [6.07, 6.45) is 5.79. The molecule has 3 fully saturated rings. The average molecular weight is 236 g/mol. The van der Waals surface area contributed by atoms with E-state index < -0.39 is 5.79 Å². The Morgan fingerprint density at radius 2 is 2.41 bits per heavy atom. The lowest BCUT2D eigenvalue weighted by atomic mass is 9.82. The first kappa shape index (κ1) is 10.8. The Kier molecular flexibility index (Phi) is 2.63. The molecular formula is C12H16N2O3. The number of hydrogen-bond acceptors (Lipinski definition) is 4. The molecule has 5 nitrogen and oxygen atoms in total. The van der Waals surface area contributed by atoms with Gasteiger partial charge in [0.25, 0.3) is 0 Å². The minimum Gasteiger partial charge on any atom is -0.433 e. The standard InChI is InChI=1S/C12H16N2O3/c15-11(7-10-3-6-13-14-10)17-12-4-1-9(2-5-12)8-16-12/h3,6,9H,1-2,4-5,7-8H2,(H,13,14). The molecule has 0 aromatic carbocycles. The number of H-pyrrole nitrogens is 1. The second kappa shape index (κ2) is 4.14. The molecule has 2 saturated heterocycles. The van der Waals surface area contributed by atoms with Crippen molar-refractivity contribution in [2.75, 3.05) is 6.61 Å². The van der Waals surface area contributed by atoms with Gasteiger partial charge in [0, 0.05) is 19.0 Å². The van der Waals surface area contributed by atoms with Crippen molar-refractivity contribution in [3.63, 3.8) is 0 Å². The quantitative estimate of drug-likeness (QED) is 0.806. The van der Waals surface area contributed by atoms with E-state index >= 15 is 0 Å². The molecule has 2 aliphatic heterocycles. The highest BCUT2D eigenvalue weighted by Gasteiger charge is 2.44.